The zero-order chi connectivity index (χ0) is 18.1. The average molecular weight is 345 g/mol. The molecule has 0 bridgehead atoms. The molecule has 0 unspecified atom stereocenters. The molecule has 2 aromatic heterocycles. The number of hydrogen-bond acceptors (Lipinski definition) is 3. The summed E-state index contributed by atoms with van der Waals surface area (Å²) in [5.74, 6) is -0.0339. The fourth-order valence-corrected chi connectivity index (χ4v) is 3.52. The average Bonchev–Trinajstić information content (AvgIpc) is 3.19. The Morgan fingerprint density at radius 3 is 2.73 bits per heavy atom. The molecule has 1 aliphatic rings. The van der Waals surface area contributed by atoms with Crippen molar-refractivity contribution in [2.75, 3.05) is 13.1 Å². The van der Waals surface area contributed by atoms with Crippen LogP contribution >= 0.6 is 0 Å². The van der Waals surface area contributed by atoms with Crippen LogP contribution in [-0.4, -0.2) is 38.7 Å². The topological polar surface area (TPSA) is 77.7 Å². The minimum absolute atomic E-state index is 0.0339. The highest BCUT2D eigenvalue weighted by Gasteiger charge is 2.25. The Labute approximate surface area is 151 Å². The van der Waals surface area contributed by atoms with E-state index in [1.807, 2.05) is 23.1 Å². The van der Waals surface area contributed by atoms with Gasteiger partial charge in [0.15, 0.2) is 0 Å². The fraction of sp³-hybridized carbons (Fsp3) is 0.250. The predicted molar refractivity (Wildman–Crippen MR) is 97.5 cm³/mol. The van der Waals surface area contributed by atoms with Gasteiger partial charge in [-0.05, 0) is 12.5 Å². The lowest BCUT2D eigenvalue weighted by Gasteiger charge is -2.20. The third kappa shape index (κ3) is 2.78. The highest BCUT2D eigenvalue weighted by atomic mass is 16.2. The van der Waals surface area contributed by atoms with Crippen molar-refractivity contribution in [1.29, 1.82) is 5.26 Å². The third-order valence-electron chi connectivity index (χ3n) is 4.90. The van der Waals surface area contributed by atoms with Crippen LogP contribution in [0.15, 0.2) is 42.6 Å². The first-order valence-corrected chi connectivity index (χ1v) is 8.64. The molecule has 0 fully saturated rings. The molecular weight excluding hydrogens is 326 g/mol. The first-order valence-electron chi connectivity index (χ1n) is 8.64. The Bertz CT molecular complexity index is 993. The van der Waals surface area contributed by atoms with E-state index in [9.17, 15) is 4.79 Å². The number of nitrogens with zero attached hydrogens (tertiary/aromatic N) is 4. The number of aromatic nitrogens is 3. The lowest BCUT2D eigenvalue weighted by Crippen LogP contribution is -2.34. The molecule has 1 aliphatic heterocycles. The van der Waals surface area contributed by atoms with E-state index < -0.39 is 0 Å². The SMILES string of the molecule is Cn1cc(C#N)cc1C(=O)N1CCc2[nH]nc(-c3ccccc3)c2CC1. The molecule has 1 N–H and O–H groups in total. The Kier molecular flexibility index (Phi) is 4.05. The summed E-state index contributed by atoms with van der Waals surface area (Å²) in [5, 5.41) is 16.7. The van der Waals surface area contributed by atoms with E-state index in [1.165, 1.54) is 5.56 Å². The molecule has 0 spiro atoms. The number of rotatable bonds is 2. The molecular formula is C20H19N5O. The molecule has 6 heteroatoms. The van der Waals surface area contributed by atoms with Crippen LogP contribution in [0.25, 0.3) is 11.3 Å². The largest absolute Gasteiger partial charge is 0.345 e. The molecule has 130 valence electrons. The number of carbonyl (C=O) groups is 1. The molecule has 3 heterocycles. The summed E-state index contributed by atoms with van der Waals surface area (Å²) >= 11 is 0. The van der Waals surface area contributed by atoms with Crippen molar-refractivity contribution in [1.82, 2.24) is 19.7 Å². The van der Waals surface area contributed by atoms with E-state index >= 15 is 0 Å². The Morgan fingerprint density at radius 1 is 1.23 bits per heavy atom. The highest BCUT2D eigenvalue weighted by Crippen LogP contribution is 2.27. The van der Waals surface area contributed by atoms with Gasteiger partial charge in [-0.1, -0.05) is 30.3 Å². The lowest BCUT2D eigenvalue weighted by molar-refractivity contribution is 0.0753. The van der Waals surface area contributed by atoms with Gasteiger partial charge in [-0.25, -0.2) is 0 Å². The fourth-order valence-electron chi connectivity index (χ4n) is 3.52. The summed E-state index contributed by atoms with van der Waals surface area (Å²) in [4.78, 5) is 14.8. The van der Waals surface area contributed by atoms with Crippen LogP contribution in [0.5, 0.6) is 0 Å². The summed E-state index contributed by atoms with van der Waals surface area (Å²) in [6, 6.07) is 13.9. The second-order valence-corrected chi connectivity index (χ2v) is 6.52. The van der Waals surface area contributed by atoms with Gasteiger partial charge in [-0.15, -0.1) is 0 Å². The maximum atomic E-state index is 12.9. The van der Waals surface area contributed by atoms with Gasteiger partial charge in [0.1, 0.15) is 11.8 Å². The van der Waals surface area contributed by atoms with Crippen LogP contribution in [0.2, 0.25) is 0 Å². The van der Waals surface area contributed by atoms with E-state index in [-0.39, 0.29) is 5.91 Å². The molecule has 1 aromatic carbocycles. The van der Waals surface area contributed by atoms with E-state index in [0.29, 0.717) is 24.3 Å². The lowest BCUT2D eigenvalue weighted by atomic mass is 10.0. The quantitative estimate of drug-likeness (QED) is 0.775. The summed E-state index contributed by atoms with van der Waals surface area (Å²) in [7, 11) is 1.80. The van der Waals surface area contributed by atoms with Gasteiger partial charge in [-0.2, -0.15) is 10.4 Å². The molecule has 0 saturated carbocycles. The molecule has 3 aromatic rings. The number of aryl methyl sites for hydroxylation is 1. The van der Waals surface area contributed by atoms with E-state index in [2.05, 4.69) is 28.4 Å². The van der Waals surface area contributed by atoms with Gasteiger partial charge in [-0.3, -0.25) is 9.89 Å². The van der Waals surface area contributed by atoms with Crippen LogP contribution in [0.4, 0.5) is 0 Å². The number of nitrogens with one attached hydrogen (secondary N) is 1. The van der Waals surface area contributed by atoms with Crippen LogP contribution < -0.4 is 0 Å². The van der Waals surface area contributed by atoms with Crippen molar-refractivity contribution in [3.8, 4) is 17.3 Å². The second-order valence-electron chi connectivity index (χ2n) is 6.52. The van der Waals surface area contributed by atoms with Gasteiger partial charge in [0, 0.05) is 49.6 Å². The molecule has 26 heavy (non-hydrogen) atoms. The Balaban J connectivity index is 1.57. The highest BCUT2D eigenvalue weighted by molar-refractivity contribution is 5.93. The standard InChI is InChI=1S/C20H19N5O/c1-24-13-14(12-21)11-18(24)20(26)25-9-7-16-17(8-10-25)22-23-19(16)15-5-3-2-4-6-15/h2-6,11,13H,7-10H2,1H3,(H,22,23). The number of benzene rings is 1. The minimum atomic E-state index is -0.0339. The van der Waals surface area contributed by atoms with Crippen LogP contribution in [0, 0.1) is 11.3 Å². The van der Waals surface area contributed by atoms with Crippen molar-refractivity contribution in [2.24, 2.45) is 7.05 Å². The normalized spacial score (nSPS) is 13.8. The molecule has 0 atom stereocenters. The van der Waals surface area contributed by atoms with Gasteiger partial charge < -0.3 is 9.47 Å². The van der Waals surface area contributed by atoms with Gasteiger partial charge >= 0.3 is 0 Å². The van der Waals surface area contributed by atoms with E-state index in [0.717, 1.165) is 29.8 Å². The first-order chi connectivity index (χ1) is 12.7. The number of H-pyrrole nitrogens is 1. The molecule has 0 saturated heterocycles. The monoisotopic (exact) mass is 345 g/mol. The first kappa shape index (κ1) is 16.2. The number of aromatic amines is 1. The van der Waals surface area contributed by atoms with Crippen molar-refractivity contribution < 1.29 is 4.79 Å². The van der Waals surface area contributed by atoms with Crippen molar-refractivity contribution in [3.63, 3.8) is 0 Å². The second kappa shape index (κ2) is 6.52. The number of fused-ring (bicyclic) bond motifs is 1. The minimum Gasteiger partial charge on any atom is -0.345 e. The molecule has 0 radical (unpaired) electrons. The predicted octanol–water partition coefficient (Wildman–Crippen LogP) is 2.53. The number of hydrogen-bond donors (Lipinski definition) is 1. The van der Waals surface area contributed by atoms with Gasteiger partial charge in [0.25, 0.3) is 5.91 Å². The Hall–Kier alpha value is -3.33. The third-order valence-corrected chi connectivity index (χ3v) is 4.90. The van der Waals surface area contributed by atoms with Gasteiger partial charge in [0.05, 0.1) is 11.3 Å². The zero-order valence-corrected chi connectivity index (χ0v) is 14.6. The molecule has 6 nitrogen and oxygen atoms in total. The number of nitriles is 1. The molecule has 0 aliphatic carbocycles. The van der Waals surface area contributed by atoms with E-state index in [4.69, 9.17) is 5.26 Å². The molecule has 4 rings (SSSR count). The molecule has 1 amide bonds. The van der Waals surface area contributed by atoms with Crippen molar-refractivity contribution in [2.45, 2.75) is 12.8 Å². The smallest absolute Gasteiger partial charge is 0.270 e. The maximum absolute atomic E-state index is 12.9. The van der Waals surface area contributed by atoms with E-state index in [1.54, 1.807) is 23.9 Å². The van der Waals surface area contributed by atoms with Gasteiger partial charge in [0.2, 0.25) is 0 Å². The van der Waals surface area contributed by atoms with Crippen molar-refractivity contribution >= 4 is 5.91 Å². The zero-order valence-electron chi connectivity index (χ0n) is 14.6. The van der Waals surface area contributed by atoms with Crippen LogP contribution in [0.1, 0.15) is 27.3 Å². The van der Waals surface area contributed by atoms with Crippen LogP contribution in [0.3, 0.4) is 0 Å². The summed E-state index contributed by atoms with van der Waals surface area (Å²) in [6.45, 7) is 1.27. The van der Waals surface area contributed by atoms with Crippen LogP contribution in [-0.2, 0) is 19.9 Å². The summed E-state index contributed by atoms with van der Waals surface area (Å²) < 4.78 is 1.72. The number of amides is 1. The number of carbonyl (C=O) groups excluding carboxylic acids is 1. The van der Waals surface area contributed by atoms with Crippen molar-refractivity contribution in [3.05, 3.63) is 65.1 Å². The summed E-state index contributed by atoms with van der Waals surface area (Å²) in [5.41, 5.74) is 5.41. The summed E-state index contributed by atoms with van der Waals surface area (Å²) in [6.07, 6.45) is 3.19. The maximum Gasteiger partial charge on any atom is 0.270 e. The Morgan fingerprint density at radius 2 is 2.00 bits per heavy atom.